The van der Waals surface area contributed by atoms with Crippen molar-refractivity contribution in [2.75, 3.05) is 5.32 Å². The molecule has 1 aliphatic carbocycles. The third-order valence-electron chi connectivity index (χ3n) is 5.36. The first-order valence-electron chi connectivity index (χ1n) is 9.83. The van der Waals surface area contributed by atoms with Crippen molar-refractivity contribution in [2.24, 2.45) is 5.92 Å². The Morgan fingerprint density at radius 2 is 1.87 bits per heavy atom. The van der Waals surface area contributed by atoms with Crippen LogP contribution < -0.4 is 5.32 Å². The molecule has 2 heterocycles. The number of amides is 1. The molecule has 1 saturated carbocycles. The highest BCUT2D eigenvalue weighted by Crippen LogP contribution is 2.38. The third kappa shape index (κ3) is 4.84. The molecule has 1 amide bonds. The van der Waals surface area contributed by atoms with Gasteiger partial charge in [-0.05, 0) is 49.1 Å². The van der Waals surface area contributed by atoms with Crippen LogP contribution in [-0.4, -0.2) is 36.6 Å². The highest BCUT2D eigenvalue weighted by atomic mass is 19.3. The largest absolute Gasteiger partial charge is 0.465 e. The lowest BCUT2D eigenvalue weighted by molar-refractivity contribution is -0.0472. The molecule has 4 rings (SSSR count). The number of anilines is 1. The smallest absolute Gasteiger partial charge is 0.411 e. The molecule has 0 saturated heterocycles. The summed E-state index contributed by atoms with van der Waals surface area (Å²) in [6.45, 7) is 0.464. The van der Waals surface area contributed by atoms with Gasteiger partial charge in [0.25, 0.3) is 0 Å². The molecule has 10 heteroatoms. The van der Waals surface area contributed by atoms with Gasteiger partial charge in [0, 0.05) is 31.1 Å². The minimum atomic E-state index is -2.61. The van der Waals surface area contributed by atoms with Crippen LogP contribution in [0.1, 0.15) is 25.7 Å². The van der Waals surface area contributed by atoms with Crippen LogP contribution in [0.2, 0.25) is 0 Å². The second-order valence-electron chi connectivity index (χ2n) is 7.60. The van der Waals surface area contributed by atoms with E-state index in [4.69, 9.17) is 5.11 Å². The Balaban J connectivity index is 1.72. The molecule has 162 valence electrons. The molecule has 0 unspecified atom stereocenters. The molecule has 31 heavy (non-hydrogen) atoms. The van der Waals surface area contributed by atoms with Crippen LogP contribution >= 0.6 is 0 Å². The van der Waals surface area contributed by atoms with Crippen molar-refractivity contribution < 1.29 is 23.1 Å². The van der Waals surface area contributed by atoms with Crippen molar-refractivity contribution in [2.45, 2.75) is 38.2 Å². The first-order chi connectivity index (χ1) is 14.8. The van der Waals surface area contributed by atoms with E-state index in [2.05, 4.69) is 20.3 Å². The van der Waals surface area contributed by atoms with Gasteiger partial charge in [0.05, 0.1) is 23.4 Å². The number of aromatic nitrogens is 4. The topological polar surface area (TPSA) is 92.9 Å². The zero-order valence-electron chi connectivity index (χ0n) is 16.4. The molecule has 0 atom stereocenters. The number of benzene rings is 1. The van der Waals surface area contributed by atoms with E-state index in [1.54, 1.807) is 24.5 Å². The van der Waals surface area contributed by atoms with Crippen molar-refractivity contribution in [1.82, 2.24) is 19.5 Å². The minimum Gasteiger partial charge on any atom is -0.465 e. The quantitative estimate of drug-likeness (QED) is 0.589. The van der Waals surface area contributed by atoms with E-state index in [0.717, 1.165) is 0 Å². The van der Waals surface area contributed by atoms with E-state index in [1.807, 2.05) is 4.57 Å². The third-order valence-corrected chi connectivity index (χ3v) is 5.36. The van der Waals surface area contributed by atoms with E-state index < -0.39 is 12.0 Å². The summed E-state index contributed by atoms with van der Waals surface area (Å²) in [5, 5.41) is 11.1. The zero-order chi connectivity index (χ0) is 22.0. The normalized spacial score (nSPS) is 16.2. The summed E-state index contributed by atoms with van der Waals surface area (Å²) in [6, 6.07) is 7.43. The Hall–Kier alpha value is -3.43. The fourth-order valence-electron chi connectivity index (χ4n) is 3.82. The predicted molar refractivity (Wildman–Crippen MR) is 107 cm³/mol. The summed E-state index contributed by atoms with van der Waals surface area (Å²) >= 11 is 0. The number of alkyl halides is 2. The first kappa shape index (κ1) is 20.8. The van der Waals surface area contributed by atoms with Gasteiger partial charge >= 0.3 is 6.09 Å². The number of rotatable bonds is 5. The van der Waals surface area contributed by atoms with Crippen LogP contribution in [0.3, 0.4) is 0 Å². The summed E-state index contributed by atoms with van der Waals surface area (Å²) in [5.74, 6) is -3.05. The molecular formula is C21H20F3N5O2. The minimum absolute atomic E-state index is 0.0482. The lowest BCUT2D eigenvalue weighted by Crippen LogP contribution is -2.26. The van der Waals surface area contributed by atoms with Crippen LogP contribution in [0.4, 0.5) is 23.9 Å². The molecule has 7 nitrogen and oxygen atoms in total. The highest BCUT2D eigenvalue weighted by Gasteiger charge is 2.35. The summed E-state index contributed by atoms with van der Waals surface area (Å²) in [5.41, 5.74) is 2.18. The van der Waals surface area contributed by atoms with E-state index in [9.17, 15) is 18.0 Å². The Morgan fingerprint density at radius 1 is 1.16 bits per heavy atom. The van der Waals surface area contributed by atoms with Crippen LogP contribution in [-0.2, 0) is 6.54 Å². The van der Waals surface area contributed by atoms with E-state index in [1.165, 1.54) is 18.3 Å². The van der Waals surface area contributed by atoms with Crippen molar-refractivity contribution in [3.05, 3.63) is 48.7 Å². The number of halogens is 3. The van der Waals surface area contributed by atoms with E-state index in [0.29, 0.717) is 42.0 Å². The molecule has 0 aliphatic heterocycles. The maximum absolute atomic E-state index is 13.5. The van der Waals surface area contributed by atoms with Gasteiger partial charge < -0.3 is 9.67 Å². The average molecular weight is 431 g/mol. The molecular weight excluding hydrogens is 411 g/mol. The van der Waals surface area contributed by atoms with Gasteiger partial charge in [-0.1, -0.05) is 0 Å². The number of nitrogens with one attached hydrogen (secondary N) is 1. The molecule has 0 radical (unpaired) electrons. The molecule has 1 fully saturated rings. The zero-order valence-corrected chi connectivity index (χ0v) is 16.4. The van der Waals surface area contributed by atoms with Gasteiger partial charge in [0.1, 0.15) is 5.82 Å². The molecule has 2 N–H and O–H groups in total. The molecule has 3 aromatic rings. The predicted octanol–water partition coefficient (Wildman–Crippen LogP) is 5.06. The Kier molecular flexibility index (Phi) is 5.62. The Labute approximate surface area is 176 Å². The summed E-state index contributed by atoms with van der Waals surface area (Å²) < 4.78 is 42.3. The van der Waals surface area contributed by atoms with Crippen LogP contribution in [0.25, 0.3) is 22.6 Å². The van der Waals surface area contributed by atoms with Crippen LogP contribution in [0.5, 0.6) is 0 Å². The number of carboxylic acid groups (broad SMARTS) is 1. The first-order valence-corrected chi connectivity index (χ1v) is 9.83. The summed E-state index contributed by atoms with van der Waals surface area (Å²) in [6.07, 6.45) is 2.22. The van der Waals surface area contributed by atoms with Crippen molar-refractivity contribution in [1.29, 1.82) is 0 Å². The highest BCUT2D eigenvalue weighted by molar-refractivity contribution is 5.81. The Morgan fingerprint density at radius 3 is 2.55 bits per heavy atom. The molecule has 2 aromatic heterocycles. The Bertz CT molecular complexity index is 1070. The number of hydrogen-bond donors (Lipinski definition) is 2. The standard InChI is InChI=1S/C21H20F3N5O2/c22-15-3-1-14(2-4-15)17-18(16-7-10-25-19(27-16)28-20(30)31)29(12-26-17)11-13-5-8-21(23,24)9-6-13/h1-4,7,10,12-13H,5-6,8-9,11H2,(H,30,31)(H,25,27,28). The maximum atomic E-state index is 13.5. The van der Waals surface area contributed by atoms with Crippen molar-refractivity contribution in [3.63, 3.8) is 0 Å². The van der Waals surface area contributed by atoms with Gasteiger partial charge in [-0.25, -0.2) is 32.9 Å². The van der Waals surface area contributed by atoms with Crippen molar-refractivity contribution in [3.8, 4) is 22.6 Å². The number of hydrogen-bond acceptors (Lipinski definition) is 4. The van der Waals surface area contributed by atoms with Gasteiger partial charge in [-0.2, -0.15) is 0 Å². The second kappa shape index (κ2) is 8.37. The fourth-order valence-corrected chi connectivity index (χ4v) is 3.82. The molecule has 0 spiro atoms. The van der Waals surface area contributed by atoms with Gasteiger partial charge in [0.2, 0.25) is 11.9 Å². The monoisotopic (exact) mass is 431 g/mol. The van der Waals surface area contributed by atoms with Crippen molar-refractivity contribution >= 4 is 12.0 Å². The van der Waals surface area contributed by atoms with Gasteiger partial charge in [0.15, 0.2) is 0 Å². The van der Waals surface area contributed by atoms with Gasteiger partial charge in [-0.3, -0.25) is 5.32 Å². The number of imidazole rings is 1. The van der Waals surface area contributed by atoms with E-state index >= 15 is 0 Å². The molecule has 1 aromatic carbocycles. The maximum Gasteiger partial charge on any atom is 0.411 e. The van der Waals surface area contributed by atoms with Gasteiger partial charge in [-0.15, -0.1) is 0 Å². The van der Waals surface area contributed by atoms with Crippen LogP contribution in [0, 0.1) is 11.7 Å². The second-order valence-corrected chi connectivity index (χ2v) is 7.60. The summed E-state index contributed by atoms with van der Waals surface area (Å²) in [7, 11) is 0. The SMILES string of the molecule is O=C(O)Nc1nccc(-c2c(-c3ccc(F)cc3)ncn2CC2CCC(F)(F)CC2)n1. The summed E-state index contributed by atoms with van der Waals surface area (Å²) in [4.78, 5) is 23.6. The number of nitrogens with zero attached hydrogens (tertiary/aromatic N) is 4. The number of carbonyl (C=O) groups is 1. The molecule has 0 bridgehead atoms. The lowest BCUT2D eigenvalue weighted by Gasteiger charge is -2.28. The molecule has 1 aliphatic rings. The fraction of sp³-hybridized carbons (Fsp3) is 0.333. The van der Waals surface area contributed by atoms with Crippen LogP contribution in [0.15, 0.2) is 42.9 Å². The van der Waals surface area contributed by atoms with E-state index in [-0.39, 0.29) is 30.5 Å². The average Bonchev–Trinajstić information content (AvgIpc) is 3.13. The lowest BCUT2D eigenvalue weighted by atomic mass is 9.86.